The van der Waals surface area contributed by atoms with Crippen molar-refractivity contribution in [1.82, 2.24) is 9.71 Å². The molecule has 9 heteroatoms. The molecule has 0 saturated heterocycles. The highest BCUT2D eigenvalue weighted by molar-refractivity contribution is 7.89. The summed E-state index contributed by atoms with van der Waals surface area (Å²) >= 11 is 6.88. The molecule has 0 atom stereocenters. The molecule has 0 saturated carbocycles. The largest absolute Gasteiger partial charge is 0.326 e. The quantitative estimate of drug-likeness (QED) is 0.759. The highest BCUT2D eigenvalue weighted by Gasteiger charge is 2.18. The van der Waals surface area contributed by atoms with E-state index in [0.29, 0.717) is 11.3 Å². The predicted octanol–water partition coefficient (Wildman–Crippen LogP) is 1.03. The van der Waals surface area contributed by atoms with E-state index in [2.05, 4.69) is 9.71 Å². The van der Waals surface area contributed by atoms with Crippen LogP contribution in [0, 0.1) is 0 Å². The molecule has 0 fully saturated rings. The number of sulfonamides is 1. The fourth-order valence-corrected chi connectivity index (χ4v) is 3.67. The fourth-order valence-electron chi connectivity index (χ4n) is 1.53. The van der Waals surface area contributed by atoms with Crippen molar-refractivity contribution in [3.63, 3.8) is 0 Å². The van der Waals surface area contributed by atoms with Gasteiger partial charge in [-0.05, 0) is 17.7 Å². The average molecular weight is 334 g/mol. The summed E-state index contributed by atoms with van der Waals surface area (Å²) in [7, 11) is -3.77. The first kappa shape index (κ1) is 15.2. The van der Waals surface area contributed by atoms with E-state index in [1.165, 1.54) is 12.1 Å². The number of thiazole rings is 1. The molecule has 0 aliphatic carbocycles. The Labute approximate surface area is 124 Å². The van der Waals surface area contributed by atoms with Gasteiger partial charge in [-0.3, -0.25) is 4.79 Å². The molecule has 0 radical (unpaired) electrons. The summed E-state index contributed by atoms with van der Waals surface area (Å²) in [6, 6.07) is 4.59. The number of rotatable bonds is 5. The zero-order chi connectivity index (χ0) is 14.8. The maximum Gasteiger partial charge on any atom is 0.304 e. The van der Waals surface area contributed by atoms with E-state index in [4.69, 9.17) is 17.3 Å². The second-order valence-electron chi connectivity index (χ2n) is 3.97. The summed E-state index contributed by atoms with van der Waals surface area (Å²) in [6.07, 6.45) is 0. The minimum Gasteiger partial charge on any atom is -0.326 e. The van der Waals surface area contributed by atoms with E-state index in [0.717, 1.165) is 11.3 Å². The average Bonchev–Trinajstić information content (AvgIpc) is 2.83. The summed E-state index contributed by atoms with van der Waals surface area (Å²) in [5.41, 5.74) is 6.64. The number of nitrogens with two attached hydrogens (primary N) is 1. The maximum atomic E-state index is 12.2. The zero-order valence-corrected chi connectivity index (χ0v) is 12.6. The molecule has 20 heavy (non-hydrogen) atoms. The summed E-state index contributed by atoms with van der Waals surface area (Å²) in [5, 5.41) is 1.68. The highest BCUT2D eigenvalue weighted by atomic mass is 35.5. The van der Waals surface area contributed by atoms with Crippen molar-refractivity contribution in [1.29, 1.82) is 0 Å². The minimum absolute atomic E-state index is 0.00967. The normalized spacial score (nSPS) is 11.7. The first-order valence-electron chi connectivity index (χ1n) is 5.57. The van der Waals surface area contributed by atoms with Gasteiger partial charge in [0.1, 0.15) is 4.90 Å². The van der Waals surface area contributed by atoms with Gasteiger partial charge in [0.15, 0.2) is 0 Å². The van der Waals surface area contributed by atoms with Gasteiger partial charge in [-0.1, -0.05) is 29.0 Å². The first-order valence-corrected chi connectivity index (χ1v) is 8.31. The molecule has 2 rings (SSSR count). The first-order chi connectivity index (χ1) is 9.42. The number of aromatic nitrogens is 1. The van der Waals surface area contributed by atoms with Crippen LogP contribution >= 0.6 is 22.9 Å². The Bertz CT molecular complexity index is 767. The zero-order valence-electron chi connectivity index (χ0n) is 10.2. The third-order valence-electron chi connectivity index (χ3n) is 2.54. The molecule has 0 bridgehead atoms. The number of nitrogens with one attached hydrogen (secondary N) is 2. The molecule has 6 nitrogen and oxygen atoms in total. The van der Waals surface area contributed by atoms with Crippen molar-refractivity contribution in [2.75, 3.05) is 0 Å². The lowest BCUT2D eigenvalue weighted by molar-refractivity contribution is 0.580. The Morgan fingerprint density at radius 1 is 1.40 bits per heavy atom. The van der Waals surface area contributed by atoms with Crippen LogP contribution in [0.25, 0.3) is 0 Å². The molecule has 1 heterocycles. The van der Waals surface area contributed by atoms with Crippen LogP contribution in [-0.2, 0) is 23.1 Å². The molecule has 1 aromatic carbocycles. The van der Waals surface area contributed by atoms with E-state index in [1.54, 1.807) is 11.4 Å². The van der Waals surface area contributed by atoms with E-state index >= 15 is 0 Å². The van der Waals surface area contributed by atoms with Crippen molar-refractivity contribution >= 4 is 33.0 Å². The van der Waals surface area contributed by atoms with Gasteiger partial charge >= 0.3 is 4.87 Å². The summed E-state index contributed by atoms with van der Waals surface area (Å²) < 4.78 is 26.7. The number of hydrogen-bond donors (Lipinski definition) is 3. The SMILES string of the molecule is NCc1ccc(Cl)c(S(=O)(=O)NCc2csc(=O)[nH]2)c1. The lowest BCUT2D eigenvalue weighted by Crippen LogP contribution is -2.24. The minimum atomic E-state index is -3.77. The Balaban J connectivity index is 2.24. The molecule has 0 spiro atoms. The van der Waals surface area contributed by atoms with Gasteiger partial charge < -0.3 is 10.7 Å². The van der Waals surface area contributed by atoms with Gasteiger partial charge in [0.2, 0.25) is 10.0 Å². The van der Waals surface area contributed by atoms with E-state index in [9.17, 15) is 13.2 Å². The van der Waals surface area contributed by atoms with Crippen molar-refractivity contribution in [2.24, 2.45) is 5.73 Å². The topological polar surface area (TPSA) is 105 Å². The number of H-pyrrole nitrogens is 1. The van der Waals surface area contributed by atoms with Gasteiger partial charge in [0, 0.05) is 17.6 Å². The smallest absolute Gasteiger partial charge is 0.304 e. The molecule has 1 aromatic heterocycles. The van der Waals surface area contributed by atoms with E-state index in [1.807, 2.05) is 0 Å². The van der Waals surface area contributed by atoms with Crippen LogP contribution in [0.5, 0.6) is 0 Å². The maximum absolute atomic E-state index is 12.2. The monoisotopic (exact) mass is 333 g/mol. The Kier molecular flexibility index (Phi) is 4.61. The van der Waals surface area contributed by atoms with Gasteiger partial charge in [0.05, 0.1) is 11.6 Å². The fraction of sp³-hybridized carbons (Fsp3) is 0.182. The molecule has 0 unspecified atom stereocenters. The van der Waals surface area contributed by atoms with E-state index in [-0.39, 0.29) is 27.9 Å². The predicted molar refractivity (Wildman–Crippen MR) is 78.3 cm³/mol. The second kappa shape index (κ2) is 6.06. The molecule has 0 aliphatic heterocycles. The molecule has 2 aromatic rings. The van der Waals surface area contributed by atoms with Gasteiger partial charge in [-0.2, -0.15) is 0 Å². The van der Waals surface area contributed by atoms with Crippen molar-refractivity contribution in [3.8, 4) is 0 Å². The Morgan fingerprint density at radius 3 is 2.75 bits per heavy atom. The number of benzene rings is 1. The van der Waals surface area contributed by atoms with Crippen LogP contribution in [-0.4, -0.2) is 13.4 Å². The van der Waals surface area contributed by atoms with Crippen molar-refractivity contribution in [3.05, 3.63) is 49.5 Å². The third-order valence-corrected chi connectivity index (χ3v) is 5.15. The molecule has 108 valence electrons. The lowest BCUT2D eigenvalue weighted by Gasteiger charge is -2.09. The molecule has 0 amide bonds. The van der Waals surface area contributed by atoms with Crippen molar-refractivity contribution in [2.45, 2.75) is 18.0 Å². The van der Waals surface area contributed by atoms with Gasteiger partial charge in [0.25, 0.3) is 0 Å². The number of halogens is 1. The molecular weight excluding hydrogens is 322 g/mol. The van der Waals surface area contributed by atoms with Crippen LogP contribution in [0.3, 0.4) is 0 Å². The van der Waals surface area contributed by atoms with Gasteiger partial charge in [-0.15, -0.1) is 0 Å². The van der Waals surface area contributed by atoms with Crippen LogP contribution in [0.15, 0.2) is 33.3 Å². The number of hydrogen-bond acceptors (Lipinski definition) is 5. The third kappa shape index (κ3) is 3.47. The van der Waals surface area contributed by atoms with Crippen LogP contribution < -0.4 is 15.3 Å². The van der Waals surface area contributed by atoms with Crippen LogP contribution in [0.1, 0.15) is 11.3 Å². The molecule has 4 N–H and O–H groups in total. The Hall–Kier alpha value is -1.19. The molecular formula is C11H12ClN3O3S2. The summed E-state index contributed by atoms with van der Waals surface area (Å²) in [4.78, 5) is 13.2. The van der Waals surface area contributed by atoms with Crippen LogP contribution in [0.4, 0.5) is 0 Å². The molecule has 0 aliphatic rings. The van der Waals surface area contributed by atoms with Crippen LogP contribution in [0.2, 0.25) is 5.02 Å². The van der Waals surface area contributed by atoms with Gasteiger partial charge in [-0.25, -0.2) is 13.1 Å². The number of aromatic amines is 1. The standard InChI is InChI=1S/C11H12ClN3O3S2/c12-9-2-1-7(4-13)3-10(9)20(17,18)14-5-8-6-19-11(16)15-8/h1-3,6,14H,4-5,13H2,(H,15,16). The lowest BCUT2D eigenvalue weighted by atomic mass is 10.2. The van der Waals surface area contributed by atoms with E-state index < -0.39 is 10.0 Å². The summed E-state index contributed by atoms with van der Waals surface area (Å²) in [5.74, 6) is 0. The summed E-state index contributed by atoms with van der Waals surface area (Å²) in [6.45, 7) is 0.210. The highest BCUT2D eigenvalue weighted by Crippen LogP contribution is 2.22. The van der Waals surface area contributed by atoms with Crippen molar-refractivity contribution < 1.29 is 8.42 Å². The second-order valence-corrected chi connectivity index (χ2v) is 6.95. The Morgan fingerprint density at radius 2 is 2.15 bits per heavy atom.